The molecular formula is C23H21NO2. The first-order chi connectivity index (χ1) is 12.6. The van der Waals surface area contributed by atoms with Gasteiger partial charge in [-0.2, -0.15) is 0 Å². The predicted octanol–water partition coefficient (Wildman–Crippen LogP) is 3.82. The minimum atomic E-state index is -1.22. The van der Waals surface area contributed by atoms with Crippen LogP contribution in [-0.4, -0.2) is 16.6 Å². The van der Waals surface area contributed by atoms with E-state index < -0.39 is 16.9 Å². The molecule has 1 aliphatic carbocycles. The first-order valence-corrected chi connectivity index (χ1v) is 8.79. The molecule has 3 aromatic carbocycles. The Balaban J connectivity index is 2.04. The first kappa shape index (κ1) is 16.6. The smallest absolute Gasteiger partial charge is 0.324 e. The van der Waals surface area contributed by atoms with Gasteiger partial charge in [0.1, 0.15) is 5.54 Å². The molecule has 130 valence electrons. The van der Waals surface area contributed by atoms with Crippen molar-refractivity contribution in [3.8, 4) is 0 Å². The lowest BCUT2D eigenvalue weighted by Crippen LogP contribution is -2.43. The number of rotatable bonds is 5. The van der Waals surface area contributed by atoms with E-state index in [-0.39, 0.29) is 5.92 Å². The molecular weight excluding hydrogens is 322 g/mol. The van der Waals surface area contributed by atoms with Gasteiger partial charge in [0, 0.05) is 5.92 Å². The Hall–Kier alpha value is -2.91. The van der Waals surface area contributed by atoms with Crippen molar-refractivity contribution in [2.24, 2.45) is 11.7 Å². The van der Waals surface area contributed by atoms with Crippen molar-refractivity contribution >= 4 is 5.97 Å². The third-order valence-electron chi connectivity index (χ3n) is 5.61. The van der Waals surface area contributed by atoms with Crippen LogP contribution < -0.4 is 5.73 Å². The van der Waals surface area contributed by atoms with Crippen molar-refractivity contribution in [3.63, 3.8) is 0 Å². The van der Waals surface area contributed by atoms with E-state index in [0.29, 0.717) is 6.42 Å². The number of carbonyl (C=O) groups is 1. The molecule has 3 aromatic rings. The highest BCUT2D eigenvalue weighted by atomic mass is 16.4. The highest BCUT2D eigenvalue weighted by molar-refractivity contribution is 5.84. The zero-order valence-corrected chi connectivity index (χ0v) is 14.4. The molecule has 3 nitrogen and oxygen atoms in total. The largest absolute Gasteiger partial charge is 0.480 e. The molecule has 0 aliphatic heterocycles. The summed E-state index contributed by atoms with van der Waals surface area (Å²) in [5, 5.41) is 9.76. The Morgan fingerprint density at radius 1 is 0.808 bits per heavy atom. The van der Waals surface area contributed by atoms with Gasteiger partial charge in [0.05, 0.1) is 5.41 Å². The Kier molecular flexibility index (Phi) is 3.89. The summed E-state index contributed by atoms with van der Waals surface area (Å²) in [6, 6.07) is 30.3. The summed E-state index contributed by atoms with van der Waals surface area (Å²) in [7, 11) is 0. The molecule has 1 saturated carbocycles. The van der Waals surface area contributed by atoms with Crippen molar-refractivity contribution in [1.29, 1.82) is 0 Å². The zero-order chi connectivity index (χ0) is 18.2. The maximum Gasteiger partial charge on any atom is 0.324 e. The summed E-state index contributed by atoms with van der Waals surface area (Å²) in [5.41, 5.74) is 7.71. The van der Waals surface area contributed by atoms with Crippen LogP contribution in [0.3, 0.4) is 0 Å². The lowest BCUT2D eigenvalue weighted by molar-refractivity contribution is -0.140. The summed E-state index contributed by atoms with van der Waals surface area (Å²) in [4.78, 5) is 11.9. The number of benzene rings is 3. The molecule has 4 rings (SSSR count). The molecule has 1 fully saturated rings. The number of hydrogen-bond donors (Lipinski definition) is 2. The van der Waals surface area contributed by atoms with Crippen LogP contribution in [0.15, 0.2) is 91.0 Å². The third-order valence-corrected chi connectivity index (χ3v) is 5.61. The van der Waals surface area contributed by atoms with Crippen LogP contribution in [0.4, 0.5) is 0 Å². The third kappa shape index (κ3) is 2.36. The number of nitrogens with two attached hydrogens (primary N) is 1. The minimum absolute atomic E-state index is 0.223. The van der Waals surface area contributed by atoms with E-state index in [2.05, 4.69) is 36.4 Å². The highest BCUT2D eigenvalue weighted by Gasteiger charge is 2.67. The molecule has 0 radical (unpaired) electrons. The van der Waals surface area contributed by atoms with Gasteiger partial charge in [-0.25, -0.2) is 0 Å². The molecule has 3 heteroatoms. The highest BCUT2D eigenvalue weighted by Crippen LogP contribution is 2.59. The molecule has 0 aromatic heterocycles. The summed E-state index contributed by atoms with van der Waals surface area (Å²) < 4.78 is 0. The first-order valence-electron chi connectivity index (χ1n) is 8.79. The van der Waals surface area contributed by atoms with E-state index in [4.69, 9.17) is 5.73 Å². The fraction of sp³-hybridized carbons (Fsp3) is 0.174. The van der Waals surface area contributed by atoms with Gasteiger partial charge < -0.3 is 10.8 Å². The van der Waals surface area contributed by atoms with Crippen molar-refractivity contribution in [3.05, 3.63) is 108 Å². The van der Waals surface area contributed by atoms with Crippen LogP contribution in [0.25, 0.3) is 0 Å². The van der Waals surface area contributed by atoms with Crippen LogP contribution in [0.1, 0.15) is 23.1 Å². The Morgan fingerprint density at radius 2 is 1.15 bits per heavy atom. The van der Waals surface area contributed by atoms with Crippen LogP contribution in [0, 0.1) is 5.92 Å². The fourth-order valence-electron chi connectivity index (χ4n) is 4.26. The van der Waals surface area contributed by atoms with Gasteiger partial charge in [0.15, 0.2) is 0 Å². The van der Waals surface area contributed by atoms with E-state index in [1.807, 2.05) is 54.6 Å². The molecule has 2 atom stereocenters. The van der Waals surface area contributed by atoms with Gasteiger partial charge in [-0.1, -0.05) is 91.0 Å². The SMILES string of the molecule is N[C@]1(C(=O)O)C[C@H]1C(c1ccccc1)(c1ccccc1)c1ccccc1. The summed E-state index contributed by atoms with van der Waals surface area (Å²) in [5.74, 6) is -1.16. The van der Waals surface area contributed by atoms with Crippen molar-refractivity contribution in [2.75, 3.05) is 0 Å². The van der Waals surface area contributed by atoms with Gasteiger partial charge in [-0.3, -0.25) is 4.79 Å². The number of carboxylic acids is 1. The maximum atomic E-state index is 11.9. The monoisotopic (exact) mass is 343 g/mol. The van der Waals surface area contributed by atoms with E-state index in [9.17, 15) is 9.90 Å². The maximum absolute atomic E-state index is 11.9. The standard InChI is InChI=1S/C23H21NO2/c24-22(21(25)26)16-20(22)23(17-10-4-1-5-11-17,18-12-6-2-7-13-18)19-14-8-3-9-15-19/h1-15,20H,16,24H2,(H,25,26)/t20-,22-/m1/s1. The van der Waals surface area contributed by atoms with E-state index in [1.54, 1.807) is 0 Å². The second-order valence-corrected chi connectivity index (χ2v) is 7.01. The van der Waals surface area contributed by atoms with Gasteiger partial charge in [-0.15, -0.1) is 0 Å². The average Bonchev–Trinajstić information content (AvgIpc) is 3.39. The van der Waals surface area contributed by atoms with Crippen molar-refractivity contribution in [2.45, 2.75) is 17.4 Å². The summed E-state index contributed by atoms with van der Waals surface area (Å²) >= 11 is 0. The van der Waals surface area contributed by atoms with Gasteiger partial charge in [0.25, 0.3) is 0 Å². The molecule has 26 heavy (non-hydrogen) atoms. The van der Waals surface area contributed by atoms with Crippen LogP contribution >= 0.6 is 0 Å². The molecule has 0 unspecified atom stereocenters. The number of hydrogen-bond acceptors (Lipinski definition) is 2. The van der Waals surface area contributed by atoms with Gasteiger partial charge in [0.2, 0.25) is 0 Å². The number of carboxylic acid groups (broad SMARTS) is 1. The quantitative estimate of drug-likeness (QED) is 0.692. The van der Waals surface area contributed by atoms with Gasteiger partial charge in [-0.05, 0) is 23.1 Å². The minimum Gasteiger partial charge on any atom is -0.480 e. The normalized spacial score (nSPS) is 22.0. The van der Waals surface area contributed by atoms with E-state index >= 15 is 0 Å². The molecule has 0 amide bonds. The summed E-state index contributed by atoms with van der Waals surface area (Å²) in [6.45, 7) is 0. The van der Waals surface area contributed by atoms with E-state index in [0.717, 1.165) is 16.7 Å². The molecule has 3 N–H and O–H groups in total. The molecule has 0 heterocycles. The van der Waals surface area contributed by atoms with Gasteiger partial charge >= 0.3 is 5.97 Å². The second kappa shape index (κ2) is 6.11. The zero-order valence-electron chi connectivity index (χ0n) is 14.4. The average molecular weight is 343 g/mol. The Morgan fingerprint density at radius 3 is 1.42 bits per heavy atom. The van der Waals surface area contributed by atoms with E-state index in [1.165, 1.54) is 0 Å². The van der Waals surface area contributed by atoms with Crippen LogP contribution in [-0.2, 0) is 10.2 Å². The Bertz CT molecular complexity index is 812. The molecule has 0 bridgehead atoms. The number of aliphatic carboxylic acids is 1. The molecule has 0 spiro atoms. The molecule has 1 aliphatic rings. The summed E-state index contributed by atoms with van der Waals surface area (Å²) in [6.07, 6.45) is 0.445. The lowest BCUT2D eigenvalue weighted by Gasteiger charge is -2.37. The predicted molar refractivity (Wildman–Crippen MR) is 102 cm³/mol. The Labute approximate surface area is 153 Å². The van der Waals surface area contributed by atoms with Crippen LogP contribution in [0.2, 0.25) is 0 Å². The molecule has 0 saturated heterocycles. The van der Waals surface area contributed by atoms with Crippen molar-refractivity contribution < 1.29 is 9.90 Å². The fourth-order valence-corrected chi connectivity index (χ4v) is 4.26. The van der Waals surface area contributed by atoms with Crippen molar-refractivity contribution in [1.82, 2.24) is 0 Å². The lowest BCUT2D eigenvalue weighted by atomic mass is 9.65. The second-order valence-electron chi connectivity index (χ2n) is 7.01. The topological polar surface area (TPSA) is 63.3 Å². The van der Waals surface area contributed by atoms with Crippen LogP contribution in [0.5, 0.6) is 0 Å².